The molecule has 1 saturated carbocycles. The molecule has 0 saturated heterocycles. The molecule has 0 aliphatic heterocycles. The van der Waals surface area contributed by atoms with Crippen molar-refractivity contribution in [2.75, 3.05) is 6.61 Å². The fourth-order valence-corrected chi connectivity index (χ4v) is 2.64. The zero-order valence-electron chi connectivity index (χ0n) is 13.3. The van der Waals surface area contributed by atoms with E-state index in [0.717, 1.165) is 18.4 Å². The highest BCUT2D eigenvalue weighted by Crippen LogP contribution is 2.41. The molecule has 1 aliphatic rings. The second-order valence-corrected chi connectivity index (χ2v) is 5.98. The summed E-state index contributed by atoms with van der Waals surface area (Å²) in [6.07, 6.45) is 2.28. The summed E-state index contributed by atoms with van der Waals surface area (Å²) in [5.74, 6) is 0.367. The van der Waals surface area contributed by atoms with Gasteiger partial charge in [-0.25, -0.2) is 0 Å². The predicted octanol–water partition coefficient (Wildman–Crippen LogP) is 2.43. The van der Waals surface area contributed by atoms with Gasteiger partial charge in [-0.15, -0.1) is 0 Å². The largest absolute Gasteiger partial charge is 0.484 e. The maximum atomic E-state index is 12.5. The molecule has 24 heavy (non-hydrogen) atoms. The lowest BCUT2D eigenvalue weighted by molar-refractivity contribution is -0.119. The highest BCUT2D eigenvalue weighted by Gasteiger charge is 2.33. The van der Waals surface area contributed by atoms with Crippen LogP contribution in [0.15, 0.2) is 54.6 Å². The summed E-state index contributed by atoms with van der Waals surface area (Å²) in [5.41, 5.74) is 6.73. The number of carbonyl (C=O) groups excluding carboxylic acids is 2. The van der Waals surface area contributed by atoms with E-state index in [9.17, 15) is 9.59 Å². The van der Waals surface area contributed by atoms with E-state index in [4.69, 9.17) is 10.5 Å². The van der Waals surface area contributed by atoms with E-state index in [0.29, 0.717) is 17.2 Å². The lowest BCUT2D eigenvalue weighted by Gasteiger charge is -2.19. The number of carbonyl (C=O) groups is 2. The number of benzene rings is 2. The first kappa shape index (κ1) is 16.1. The molecule has 3 N–H and O–H groups in total. The molecule has 0 unspecified atom stereocenters. The van der Waals surface area contributed by atoms with E-state index >= 15 is 0 Å². The van der Waals surface area contributed by atoms with Crippen LogP contribution in [0.5, 0.6) is 5.75 Å². The van der Waals surface area contributed by atoms with Crippen LogP contribution in [0.4, 0.5) is 0 Å². The molecule has 0 aromatic heterocycles. The van der Waals surface area contributed by atoms with E-state index in [2.05, 4.69) is 5.32 Å². The Bertz CT molecular complexity index is 709. The Balaban J connectivity index is 1.66. The van der Waals surface area contributed by atoms with Gasteiger partial charge in [0.1, 0.15) is 5.75 Å². The highest BCUT2D eigenvalue weighted by molar-refractivity contribution is 5.94. The van der Waals surface area contributed by atoms with E-state index in [-0.39, 0.29) is 18.6 Å². The first-order valence-electron chi connectivity index (χ1n) is 8.00. The van der Waals surface area contributed by atoms with Crippen LogP contribution in [-0.2, 0) is 4.79 Å². The van der Waals surface area contributed by atoms with Crippen LogP contribution < -0.4 is 15.8 Å². The van der Waals surface area contributed by atoms with Crippen LogP contribution in [0.3, 0.4) is 0 Å². The van der Waals surface area contributed by atoms with Gasteiger partial charge in [-0.1, -0.05) is 30.3 Å². The SMILES string of the molecule is NC(=O)COc1ccc(C(=O)N[C@H](c2ccccc2)C2CC2)cc1. The van der Waals surface area contributed by atoms with Gasteiger partial charge in [0, 0.05) is 5.56 Å². The van der Waals surface area contributed by atoms with Crippen molar-refractivity contribution in [3.63, 3.8) is 0 Å². The molecular formula is C19H20N2O3. The fraction of sp³-hybridized carbons (Fsp3) is 0.263. The number of nitrogens with two attached hydrogens (primary N) is 1. The minimum absolute atomic E-state index is 0.0458. The second kappa shape index (κ2) is 7.17. The number of amides is 2. The molecule has 124 valence electrons. The Morgan fingerprint density at radius 2 is 1.75 bits per heavy atom. The van der Waals surface area contributed by atoms with Gasteiger partial charge in [0.2, 0.25) is 0 Å². The third-order valence-corrected chi connectivity index (χ3v) is 4.04. The third-order valence-electron chi connectivity index (χ3n) is 4.04. The van der Waals surface area contributed by atoms with Gasteiger partial charge in [-0.2, -0.15) is 0 Å². The zero-order valence-corrected chi connectivity index (χ0v) is 13.3. The van der Waals surface area contributed by atoms with Crippen LogP contribution in [0.25, 0.3) is 0 Å². The van der Waals surface area contributed by atoms with Crippen molar-refractivity contribution in [2.45, 2.75) is 18.9 Å². The molecule has 1 atom stereocenters. The molecule has 2 amide bonds. The topological polar surface area (TPSA) is 81.4 Å². The molecule has 0 bridgehead atoms. The molecule has 1 aliphatic carbocycles. The first-order valence-corrected chi connectivity index (χ1v) is 8.00. The van der Waals surface area contributed by atoms with Gasteiger partial charge < -0.3 is 15.8 Å². The van der Waals surface area contributed by atoms with Gasteiger partial charge >= 0.3 is 0 Å². The van der Waals surface area contributed by atoms with Crippen LogP contribution in [-0.4, -0.2) is 18.4 Å². The molecule has 2 aromatic rings. The van der Waals surface area contributed by atoms with E-state index in [1.165, 1.54) is 0 Å². The fourth-order valence-electron chi connectivity index (χ4n) is 2.64. The standard InChI is InChI=1S/C19H20N2O3/c20-17(22)12-24-16-10-8-15(9-11-16)19(23)21-18(14-6-7-14)13-4-2-1-3-5-13/h1-5,8-11,14,18H,6-7,12H2,(H2,20,22)(H,21,23)/t18-/m1/s1. The second-order valence-electron chi connectivity index (χ2n) is 5.98. The molecule has 5 heteroatoms. The van der Waals surface area contributed by atoms with E-state index < -0.39 is 5.91 Å². The summed E-state index contributed by atoms with van der Waals surface area (Å²) in [6, 6.07) is 16.8. The lowest BCUT2D eigenvalue weighted by atomic mass is 10.0. The van der Waals surface area contributed by atoms with Crippen molar-refractivity contribution in [3.8, 4) is 5.75 Å². The Kier molecular flexibility index (Phi) is 4.79. The lowest BCUT2D eigenvalue weighted by Crippen LogP contribution is -2.29. The van der Waals surface area contributed by atoms with Crippen molar-refractivity contribution in [3.05, 3.63) is 65.7 Å². The average molecular weight is 324 g/mol. The smallest absolute Gasteiger partial charge is 0.255 e. The predicted molar refractivity (Wildman–Crippen MR) is 90.5 cm³/mol. The van der Waals surface area contributed by atoms with Crippen LogP contribution in [0, 0.1) is 5.92 Å². The summed E-state index contributed by atoms with van der Waals surface area (Å²) in [7, 11) is 0. The van der Waals surface area contributed by atoms with Gasteiger partial charge in [-0.05, 0) is 48.6 Å². The number of nitrogens with one attached hydrogen (secondary N) is 1. The van der Waals surface area contributed by atoms with Crippen molar-refractivity contribution >= 4 is 11.8 Å². The number of hydrogen-bond donors (Lipinski definition) is 2. The molecule has 3 rings (SSSR count). The Morgan fingerprint density at radius 3 is 2.33 bits per heavy atom. The van der Waals surface area contributed by atoms with Gasteiger partial charge in [0.05, 0.1) is 6.04 Å². The maximum absolute atomic E-state index is 12.5. The van der Waals surface area contributed by atoms with E-state index in [1.807, 2.05) is 30.3 Å². The van der Waals surface area contributed by atoms with Crippen LogP contribution >= 0.6 is 0 Å². The number of rotatable bonds is 7. The van der Waals surface area contributed by atoms with Gasteiger partial charge in [0.25, 0.3) is 11.8 Å². The van der Waals surface area contributed by atoms with Gasteiger partial charge in [0.15, 0.2) is 6.61 Å². The van der Waals surface area contributed by atoms with Crippen molar-refractivity contribution in [2.24, 2.45) is 11.7 Å². The quantitative estimate of drug-likeness (QED) is 0.821. The molecular weight excluding hydrogens is 304 g/mol. The third kappa shape index (κ3) is 4.13. The molecule has 5 nitrogen and oxygen atoms in total. The Labute approximate surface area is 140 Å². The van der Waals surface area contributed by atoms with Crippen molar-refractivity contribution in [1.29, 1.82) is 0 Å². The minimum atomic E-state index is -0.535. The molecule has 0 heterocycles. The van der Waals surface area contributed by atoms with Crippen LogP contribution in [0.2, 0.25) is 0 Å². The Hall–Kier alpha value is -2.82. The summed E-state index contributed by atoms with van der Waals surface area (Å²) in [5, 5.41) is 3.13. The van der Waals surface area contributed by atoms with Crippen LogP contribution in [0.1, 0.15) is 34.8 Å². The first-order chi connectivity index (χ1) is 11.6. The summed E-state index contributed by atoms with van der Waals surface area (Å²) >= 11 is 0. The summed E-state index contributed by atoms with van der Waals surface area (Å²) in [4.78, 5) is 23.2. The number of hydrogen-bond acceptors (Lipinski definition) is 3. The number of ether oxygens (including phenoxy) is 1. The monoisotopic (exact) mass is 324 g/mol. The molecule has 0 radical (unpaired) electrons. The van der Waals surface area contributed by atoms with E-state index in [1.54, 1.807) is 24.3 Å². The zero-order chi connectivity index (χ0) is 16.9. The highest BCUT2D eigenvalue weighted by atomic mass is 16.5. The van der Waals surface area contributed by atoms with Crippen molar-refractivity contribution in [1.82, 2.24) is 5.32 Å². The summed E-state index contributed by atoms with van der Waals surface area (Å²) in [6.45, 7) is -0.177. The molecule has 2 aromatic carbocycles. The maximum Gasteiger partial charge on any atom is 0.255 e. The van der Waals surface area contributed by atoms with Crippen molar-refractivity contribution < 1.29 is 14.3 Å². The summed E-state index contributed by atoms with van der Waals surface area (Å²) < 4.78 is 5.19. The minimum Gasteiger partial charge on any atom is -0.484 e. The average Bonchev–Trinajstić information content (AvgIpc) is 3.44. The number of primary amides is 1. The molecule has 1 fully saturated rings. The van der Waals surface area contributed by atoms with Gasteiger partial charge in [-0.3, -0.25) is 9.59 Å². The Morgan fingerprint density at radius 1 is 1.08 bits per heavy atom. The normalized spacial score (nSPS) is 14.7. The molecule has 0 spiro atoms.